The maximum atomic E-state index is 11.1. The topological polar surface area (TPSA) is 52.3 Å². The molecule has 0 radical (unpaired) electrons. The fourth-order valence-electron chi connectivity index (χ4n) is 1.54. The zero-order valence-electron chi connectivity index (χ0n) is 10.3. The van der Waals surface area contributed by atoms with Gasteiger partial charge >= 0.3 is 5.97 Å². The number of esters is 1. The van der Waals surface area contributed by atoms with Gasteiger partial charge in [-0.1, -0.05) is 18.7 Å². The van der Waals surface area contributed by atoms with Crippen LogP contribution in [0.3, 0.4) is 0 Å². The molecular weight excluding hydrogens is 230 g/mol. The number of rotatable bonds is 5. The predicted octanol–water partition coefficient (Wildman–Crippen LogP) is 2.88. The Labute approximate surface area is 105 Å². The molecule has 1 aromatic carbocycles. The zero-order chi connectivity index (χ0) is 13.0. The molecule has 0 saturated heterocycles. The molecule has 1 heterocycles. The number of aryl methyl sites for hydroxylation is 1. The van der Waals surface area contributed by atoms with Gasteiger partial charge in [0.1, 0.15) is 5.52 Å². The van der Waals surface area contributed by atoms with E-state index < -0.39 is 0 Å². The lowest BCUT2D eigenvalue weighted by atomic mass is 10.3. The number of aromatic nitrogens is 1. The van der Waals surface area contributed by atoms with Crippen LogP contribution in [0.5, 0.6) is 0 Å². The van der Waals surface area contributed by atoms with Crippen LogP contribution in [0.15, 0.2) is 40.8 Å². The maximum absolute atomic E-state index is 11.1. The van der Waals surface area contributed by atoms with Crippen molar-refractivity contribution in [1.29, 1.82) is 0 Å². The second-order valence-corrected chi connectivity index (χ2v) is 4.10. The molecule has 4 heteroatoms. The molecular formula is C14H15NO3. The molecule has 0 N–H and O–H groups in total. The number of oxazole rings is 1. The summed E-state index contributed by atoms with van der Waals surface area (Å²) in [4.78, 5) is 15.5. The number of ether oxygens (including phenoxy) is 1. The summed E-state index contributed by atoms with van der Waals surface area (Å²) in [5, 5.41) is 0. The van der Waals surface area contributed by atoms with Crippen molar-refractivity contribution < 1.29 is 13.9 Å². The maximum Gasteiger partial charge on any atom is 0.333 e. The lowest BCUT2D eigenvalue weighted by molar-refractivity contribution is -0.139. The van der Waals surface area contributed by atoms with Crippen molar-refractivity contribution in [3.05, 3.63) is 42.3 Å². The van der Waals surface area contributed by atoms with Gasteiger partial charge in [-0.2, -0.15) is 0 Å². The largest absolute Gasteiger partial charge is 0.462 e. The van der Waals surface area contributed by atoms with Gasteiger partial charge in [0.05, 0.1) is 6.61 Å². The quantitative estimate of drug-likeness (QED) is 0.461. The Morgan fingerprint density at radius 3 is 2.94 bits per heavy atom. The van der Waals surface area contributed by atoms with Crippen LogP contribution in [0.4, 0.5) is 0 Å². The predicted molar refractivity (Wildman–Crippen MR) is 68.1 cm³/mol. The summed E-state index contributed by atoms with van der Waals surface area (Å²) in [6, 6.07) is 7.62. The molecule has 0 saturated carbocycles. The molecule has 2 aromatic rings. The van der Waals surface area contributed by atoms with Crippen LogP contribution in [0, 0.1) is 0 Å². The van der Waals surface area contributed by atoms with Gasteiger partial charge in [0.2, 0.25) is 0 Å². The van der Waals surface area contributed by atoms with Crippen LogP contribution in [-0.4, -0.2) is 17.6 Å². The normalized spacial score (nSPS) is 10.5. The fourth-order valence-corrected chi connectivity index (χ4v) is 1.54. The fraction of sp³-hybridized carbons (Fsp3) is 0.286. The van der Waals surface area contributed by atoms with Gasteiger partial charge in [-0.15, -0.1) is 0 Å². The van der Waals surface area contributed by atoms with E-state index in [1.54, 1.807) is 6.92 Å². The van der Waals surface area contributed by atoms with E-state index in [0.717, 1.165) is 11.1 Å². The Kier molecular flexibility index (Phi) is 3.77. The van der Waals surface area contributed by atoms with E-state index in [0.29, 0.717) is 30.9 Å². The molecule has 0 spiro atoms. The van der Waals surface area contributed by atoms with Gasteiger partial charge in [-0.3, -0.25) is 0 Å². The molecule has 0 aliphatic rings. The lowest BCUT2D eigenvalue weighted by Crippen LogP contribution is -2.06. The van der Waals surface area contributed by atoms with Crippen molar-refractivity contribution >= 4 is 17.1 Å². The van der Waals surface area contributed by atoms with E-state index in [-0.39, 0.29) is 5.97 Å². The minimum absolute atomic E-state index is 0.352. The van der Waals surface area contributed by atoms with Crippen molar-refractivity contribution in [2.45, 2.75) is 19.8 Å². The van der Waals surface area contributed by atoms with E-state index in [2.05, 4.69) is 11.6 Å². The Hall–Kier alpha value is -2.10. The number of hydrogen-bond acceptors (Lipinski definition) is 4. The summed E-state index contributed by atoms with van der Waals surface area (Å²) >= 11 is 0. The Morgan fingerprint density at radius 2 is 2.22 bits per heavy atom. The van der Waals surface area contributed by atoms with Gasteiger partial charge < -0.3 is 9.15 Å². The lowest BCUT2D eigenvalue weighted by Gasteiger charge is -2.02. The Balaban J connectivity index is 1.83. The molecule has 1 aromatic heterocycles. The molecule has 18 heavy (non-hydrogen) atoms. The first-order chi connectivity index (χ1) is 8.66. The van der Waals surface area contributed by atoms with E-state index >= 15 is 0 Å². The van der Waals surface area contributed by atoms with Crippen molar-refractivity contribution in [2.24, 2.45) is 0 Å². The highest BCUT2D eigenvalue weighted by molar-refractivity contribution is 5.86. The molecule has 0 unspecified atom stereocenters. The molecule has 94 valence electrons. The monoisotopic (exact) mass is 245 g/mol. The minimum atomic E-state index is -0.354. The third-order valence-electron chi connectivity index (χ3n) is 2.45. The van der Waals surface area contributed by atoms with E-state index in [9.17, 15) is 4.79 Å². The third kappa shape index (κ3) is 2.97. The number of nitrogens with zero attached hydrogens (tertiary/aromatic N) is 1. The average molecular weight is 245 g/mol. The number of fused-ring (bicyclic) bond motifs is 1. The highest BCUT2D eigenvalue weighted by Gasteiger charge is 2.06. The molecule has 0 atom stereocenters. The van der Waals surface area contributed by atoms with Crippen LogP contribution in [0.1, 0.15) is 19.2 Å². The van der Waals surface area contributed by atoms with Crippen molar-refractivity contribution in [3.8, 4) is 0 Å². The first-order valence-electron chi connectivity index (χ1n) is 5.84. The second kappa shape index (κ2) is 5.49. The van der Waals surface area contributed by atoms with Crippen LogP contribution in [0.2, 0.25) is 0 Å². The highest BCUT2D eigenvalue weighted by Crippen LogP contribution is 2.15. The summed E-state index contributed by atoms with van der Waals surface area (Å²) in [7, 11) is 0. The SMILES string of the molecule is C=C(C)C(=O)OCCCc1nc2ccccc2o1. The van der Waals surface area contributed by atoms with Gasteiger partial charge in [-0.05, 0) is 25.5 Å². The Bertz CT molecular complexity index is 538. The smallest absolute Gasteiger partial charge is 0.333 e. The van der Waals surface area contributed by atoms with Gasteiger partial charge in [0.25, 0.3) is 0 Å². The highest BCUT2D eigenvalue weighted by atomic mass is 16.5. The van der Waals surface area contributed by atoms with Crippen LogP contribution in [0.25, 0.3) is 11.1 Å². The van der Waals surface area contributed by atoms with Gasteiger partial charge in [0, 0.05) is 12.0 Å². The van der Waals surface area contributed by atoms with Gasteiger partial charge in [-0.25, -0.2) is 9.78 Å². The number of benzene rings is 1. The number of carbonyl (C=O) groups is 1. The number of carbonyl (C=O) groups excluding carboxylic acids is 1. The average Bonchev–Trinajstić information content (AvgIpc) is 2.76. The third-order valence-corrected chi connectivity index (χ3v) is 2.45. The van der Waals surface area contributed by atoms with Crippen LogP contribution in [-0.2, 0) is 16.0 Å². The van der Waals surface area contributed by atoms with Crippen LogP contribution >= 0.6 is 0 Å². The summed E-state index contributed by atoms with van der Waals surface area (Å²) in [5.41, 5.74) is 2.05. The van der Waals surface area contributed by atoms with E-state index in [4.69, 9.17) is 9.15 Å². The number of para-hydroxylation sites is 2. The Morgan fingerprint density at radius 1 is 1.44 bits per heavy atom. The number of hydrogen-bond donors (Lipinski definition) is 0. The minimum Gasteiger partial charge on any atom is -0.462 e. The molecule has 0 bridgehead atoms. The zero-order valence-corrected chi connectivity index (χ0v) is 10.3. The second-order valence-electron chi connectivity index (χ2n) is 4.10. The summed E-state index contributed by atoms with van der Waals surface area (Å²) in [6.45, 7) is 5.50. The first kappa shape index (κ1) is 12.4. The van der Waals surface area contributed by atoms with Crippen molar-refractivity contribution in [3.63, 3.8) is 0 Å². The molecule has 0 fully saturated rings. The van der Waals surface area contributed by atoms with E-state index in [1.165, 1.54) is 0 Å². The summed E-state index contributed by atoms with van der Waals surface area (Å²) in [5.74, 6) is 0.315. The van der Waals surface area contributed by atoms with Crippen molar-refractivity contribution in [2.75, 3.05) is 6.61 Å². The molecule has 0 aliphatic heterocycles. The molecule has 0 aliphatic carbocycles. The standard InChI is InChI=1S/C14H15NO3/c1-10(2)14(16)17-9-5-8-13-15-11-6-3-4-7-12(11)18-13/h3-4,6-7H,1,5,8-9H2,2H3. The van der Waals surface area contributed by atoms with Gasteiger partial charge in [0.15, 0.2) is 11.5 Å². The van der Waals surface area contributed by atoms with Crippen LogP contribution < -0.4 is 0 Å². The molecule has 0 amide bonds. The van der Waals surface area contributed by atoms with E-state index in [1.807, 2.05) is 24.3 Å². The molecule has 4 nitrogen and oxygen atoms in total. The molecule has 2 rings (SSSR count). The summed E-state index contributed by atoms with van der Waals surface area (Å²) < 4.78 is 10.5. The van der Waals surface area contributed by atoms with Crippen molar-refractivity contribution in [1.82, 2.24) is 4.98 Å². The first-order valence-corrected chi connectivity index (χ1v) is 5.84. The summed E-state index contributed by atoms with van der Waals surface area (Å²) in [6.07, 6.45) is 1.34.